The Kier molecular flexibility index (Phi) is 3.09. The summed E-state index contributed by atoms with van der Waals surface area (Å²) in [4.78, 5) is 0. The molecule has 0 unspecified atom stereocenters. The molecule has 2 rings (SSSR count). The average Bonchev–Trinajstić information content (AvgIpc) is 2.34. The van der Waals surface area contributed by atoms with Crippen LogP contribution in [0.2, 0.25) is 5.02 Å². The quantitative estimate of drug-likeness (QED) is 0.869. The Bertz CT molecular complexity index is 606. The van der Waals surface area contributed by atoms with E-state index in [0.717, 1.165) is 12.1 Å². The number of benzene rings is 1. The van der Waals surface area contributed by atoms with Gasteiger partial charge in [0, 0.05) is 11.4 Å². The first-order valence-corrected chi connectivity index (χ1v) is 6.68. The molecular formula is C9H8ClF3N2O2S. The van der Waals surface area contributed by atoms with Crippen molar-refractivity contribution in [2.45, 2.75) is 18.4 Å². The molecule has 0 aromatic heterocycles. The monoisotopic (exact) mass is 300 g/mol. The molecule has 0 bridgehead atoms. The van der Waals surface area contributed by atoms with Gasteiger partial charge in [0.2, 0.25) is 0 Å². The number of nitrogens with one attached hydrogen (secondary N) is 1. The molecule has 1 atom stereocenters. The van der Waals surface area contributed by atoms with Gasteiger partial charge in [0.05, 0.1) is 0 Å². The maximum atomic E-state index is 13.7. The van der Waals surface area contributed by atoms with Crippen LogP contribution in [0.25, 0.3) is 0 Å². The zero-order valence-corrected chi connectivity index (χ0v) is 10.3. The van der Waals surface area contributed by atoms with Crippen molar-refractivity contribution in [3.63, 3.8) is 0 Å². The van der Waals surface area contributed by atoms with E-state index in [9.17, 15) is 21.6 Å². The summed E-state index contributed by atoms with van der Waals surface area (Å²) in [7, 11) is -4.33. The van der Waals surface area contributed by atoms with Gasteiger partial charge in [-0.25, -0.2) is 18.3 Å². The lowest BCUT2D eigenvalue weighted by molar-refractivity contribution is -0.0187. The minimum Gasteiger partial charge on any atom is -0.216 e. The van der Waals surface area contributed by atoms with Crippen LogP contribution in [0.3, 0.4) is 0 Å². The highest BCUT2D eigenvalue weighted by Gasteiger charge is 2.50. The van der Waals surface area contributed by atoms with Gasteiger partial charge >= 0.3 is 0 Å². The molecule has 18 heavy (non-hydrogen) atoms. The van der Waals surface area contributed by atoms with Gasteiger partial charge in [0.1, 0.15) is 11.9 Å². The number of halogens is 4. The molecule has 3 N–H and O–H groups in total. The minimum atomic E-state index is -4.33. The second-order valence-corrected chi connectivity index (χ2v) is 5.73. The van der Waals surface area contributed by atoms with Gasteiger partial charge in [0.15, 0.2) is 0 Å². The molecule has 1 aliphatic rings. The molecular weight excluding hydrogens is 293 g/mol. The van der Waals surface area contributed by atoms with Gasteiger partial charge in [-0.3, -0.25) is 0 Å². The topological polar surface area (TPSA) is 72.2 Å². The van der Waals surface area contributed by atoms with Crippen LogP contribution in [0, 0.1) is 5.82 Å². The molecule has 0 aliphatic heterocycles. The van der Waals surface area contributed by atoms with Crippen LogP contribution in [0.1, 0.15) is 17.2 Å². The smallest absolute Gasteiger partial charge is 0.216 e. The maximum absolute atomic E-state index is 13.7. The Morgan fingerprint density at radius 3 is 2.61 bits per heavy atom. The molecule has 0 radical (unpaired) electrons. The lowest BCUT2D eigenvalue weighted by atomic mass is 10.1. The molecule has 0 saturated heterocycles. The molecule has 0 amide bonds. The largest absolute Gasteiger partial charge is 0.275 e. The predicted octanol–water partition coefficient (Wildman–Crippen LogP) is 1.50. The molecule has 0 heterocycles. The number of hydrogen-bond acceptors (Lipinski definition) is 2. The van der Waals surface area contributed by atoms with Crippen molar-refractivity contribution < 1.29 is 21.6 Å². The predicted molar refractivity (Wildman–Crippen MR) is 59.0 cm³/mol. The molecule has 100 valence electrons. The normalized spacial score (nSPS) is 21.9. The number of hydrogen-bond donors (Lipinski definition) is 2. The molecule has 1 aromatic carbocycles. The van der Waals surface area contributed by atoms with Crippen molar-refractivity contribution in [3.05, 3.63) is 34.1 Å². The summed E-state index contributed by atoms with van der Waals surface area (Å²) < 4.78 is 63.8. The van der Waals surface area contributed by atoms with E-state index in [4.69, 9.17) is 11.6 Å². The summed E-state index contributed by atoms with van der Waals surface area (Å²) in [5, 5.41) is 4.42. The fourth-order valence-corrected chi connectivity index (χ4v) is 2.94. The van der Waals surface area contributed by atoms with Gasteiger partial charge in [-0.05, 0) is 23.3 Å². The Morgan fingerprint density at radius 1 is 1.44 bits per heavy atom. The maximum Gasteiger partial charge on any atom is 0.275 e. The first-order valence-electron chi connectivity index (χ1n) is 4.76. The zero-order chi connectivity index (χ0) is 13.7. The van der Waals surface area contributed by atoms with Gasteiger partial charge in [-0.1, -0.05) is 11.6 Å². The first kappa shape index (κ1) is 13.6. The van der Waals surface area contributed by atoms with E-state index in [1.807, 2.05) is 0 Å². The average molecular weight is 301 g/mol. The number of nitrogens with two attached hydrogens (primary N) is 1. The molecule has 0 saturated carbocycles. The van der Waals surface area contributed by atoms with E-state index in [1.165, 1.54) is 0 Å². The molecule has 9 heteroatoms. The third kappa shape index (κ3) is 2.46. The zero-order valence-electron chi connectivity index (χ0n) is 8.75. The summed E-state index contributed by atoms with van der Waals surface area (Å²) in [5.41, 5.74) is -0.178. The molecule has 1 aliphatic carbocycles. The number of alkyl halides is 2. The Labute approximate surface area is 106 Å². The van der Waals surface area contributed by atoms with Crippen LogP contribution in [0.15, 0.2) is 12.1 Å². The van der Waals surface area contributed by atoms with Crippen molar-refractivity contribution in [2.75, 3.05) is 0 Å². The standard InChI is InChI=1S/C9H8ClF3N2O2S/c10-6-2-5(11)1-4-3-9(12,13)8(7(4)6)15-18(14,16)17/h1-2,8,15H,3H2,(H2,14,16,17)/t8-/m0/s1. The number of rotatable bonds is 2. The second kappa shape index (κ2) is 4.09. The van der Waals surface area contributed by atoms with Crippen molar-refractivity contribution >= 4 is 21.8 Å². The van der Waals surface area contributed by atoms with Crippen LogP contribution in [-0.2, 0) is 16.6 Å². The molecule has 1 aromatic rings. The van der Waals surface area contributed by atoms with Crippen LogP contribution in [0.5, 0.6) is 0 Å². The Morgan fingerprint density at radius 2 is 2.06 bits per heavy atom. The minimum absolute atomic E-state index is 0.0360. The Balaban J connectivity index is 2.55. The summed E-state index contributed by atoms with van der Waals surface area (Å²) in [6.45, 7) is 0. The summed E-state index contributed by atoms with van der Waals surface area (Å²) in [6.07, 6.45) is -0.799. The van der Waals surface area contributed by atoms with E-state index in [0.29, 0.717) is 0 Å². The van der Waals surface area contributed by atoms with E-state index in [2.05, 4.69) is 5.14 Å². The van der Waals surface area contributed by atoms with Crippen LogP contribution in [0.4, 0.5) is 13.2 Å². The van der Waals surface area contributed by atoms with Crippen molar-refractivity contribution in [1.29, 1.82) is 0 Å². The lowest BCUT2D eigenvalue weighted by Crippen LogP contribution is -2.41. The van der Waals surface area contributed by atoms with Gasteiger partial charge in [-0.15, -0.1) is 0 Å². The van der Waals surface area contributed by atoms with Crippen LogP contribution < -0.4 is 9.86 Å². The highest BCUT2D eigenvalue weighted by atomic mass is 35.5. The van der Waals surface area contributed by atoms with Crippen molar-refractivity contribution in [3.8, 4) is 0 Å². The highest BCUT2D eigenvalue weighted by molar-refractivity contribution is 7.87. The SMILES string of the molecule is NS(=O)(=O)N[C@H]1c2c(Cl)cc(F)cc2CC1(F)F. The van der Waals surface area contributed by atoms with Gasteiger partial charge in [0.25, 0.3) is 16.1 Å². The van der Waals surface area contributed by atoms with Crippen molar-refractivity contribution in [1.82, 2.24) is 4.72 Å². The summed E-state index contributed by atoms with van der Waals surface area (Å²) >= 11 is 5.68. The summed E-state index contributed by atoms with van der Waals surface area (Å²) in [5.74, 6) is -4.17. The van der Waals surface area contributed by atoms with E-state index in [1.54, 1.807) is 4.72 Å². The third-order valence-electron chi connectivity index (χ3n) is 2.60. The lowest BCUT2D eigenvalue weighted by Gasteiger charge is -2.20. The second-order valence-electron chi connectivity index (χ2n) is 3.99. The van der Waals surface area contributed by atoms with Gasteiger partial charge < -0.3 is 0 Å². The third-order valence-corrected chi connectivity index (χ3v) is 3.48. The van der Waals surface area contributed by atoms with Gasteiger partial charge in [-0.2, -0.15) is 13.1 Å². The molecule has 0 spiro atoms. The van der Waals surface area contributed by atoms with Crippen LogP contribution in [-0.4, -0.2) is 14.3 Å². The van der Waals surface area contributed by atoms with Crippen molar-refractivity contribution in [2.24, 2.45) is 5.14 Å². The Hall–Kier alpha value is -0.830. The fourth-order valence-electron chi connectivity index (χ4n) is 1.98. The van der Waals surface area contributed by atoms with E-state index < -0.39 is 34.4 Å². The van der Waals surface area contributed by atoms with E-state index in [-0.39, 0.29) is 16.1 Å². The molecule has 0 fully saturated rings. The highest BCUT2D eigenvalue weighted by Crippen LogP contribution is 2.46. The molecule has 4 nitrogen and oxygen atoms in total. The van der Waals surface area contributed by atoms with E-state index >= 15 is 0 Å². The summed E-state index contributed by atoms with van der Waals surface area (Å²) in [6, 6.07) is -0.130. The van der Waals surface area contributed by atoms with Crippen LogP contribution >= 0.6 is 11.6 Å². The first-order chi connectivity index (χ1) is 8.10. The fraction of sp³-hybridized carbons (Fsp3) is 0.333. The number of fused-ring (bicyclic) bond motifs is 1.